The van der Waals surface area contributed by atoms with Crippen LogP contribution in [0.1, 0.15) is 27.2 Å². The van der Waals surface area contributed by atoms with Crippen molar-refractivity contribution in [2.75, 3.05) is 0 Å². The largest absolute Gasteiger partial charge is 0.287 e. The van der Waals surface area contributed by atoms with Gasteiger partial charge < -0.3 is 0 Å². The van der Waals surface area contributed by atoms with Crippen LogP contribution in [0.15, 0.2) is 55.2 Å². The molecule has 0 unspecified atom stereocenters. The van der Waals surface area contributed by atoms with Crippen LogP contribution < -0.4 is 0 Å². The normalized spacial score (nSPS) is 10.1. The van der Waals surface area contributed by atoms with Gasteiger partial charge in [0.25, 0.3) is 0 Å². The fraction of sp³-hybridized carbons (Fsp3) is 0.0625. The molecule has 0 spiro atoms. The zero-order chi connectivity index (χ0) is 15.4. The van der Waals surface area contributed by atoms with Gasteiger partial charge in [-0.1, -0.05) is 12.1 Å². The lowest BCUT2D eigenvalue weighted by Crippen LogP contribution is -2.06. The van der Waals surface area contributed by atoms with E-state index in [4.69, 9.17) is 5.26 Å². The van der Waals surface area contributed by atoms with Crippen molar-refractivity contribution in [1.82, 2.24) is 19.7 Å². The van der Waals surface area contributed by atoms with E-state index in [-0.39, 0.29) is 5.78 Å². The fourth-order valence-electron chi connectivity index (χ4n) is 2.06. The molecule has 0 aliphatic carbocycles. The van der Waals surface area contributed by atoms with Gasteiger partial charge in [0.1, 0.15) is 12.0 Å². The Morgan fingerprint density at radius 2 is 2.05 bits per heavy atom. The van der Waals surface area contributed by atoms with Gasteiger partial charge >= 0.3 is 0 Å². The Labute approximate surface area is 126 Å². The fourth-order valence-corrected chi connectivity index (χ4v) is 2.06. The standard InChI is InChI=1S/C16H11N5O/c17-7-12-2-1-3-13(6-12)10-21-5-4-15(20-21)16(22)14-8-18-11-19-9-14/h1-6,8-9,11H,10H2. The molecule has 3 rings (SSSR count). The van der Waals surface area contributed by atoms with Crippen LogP contribution in [0.2, 0.25) is 0 Å². The first-order chi connectivity index (χ1) is 10.8. The number of carbonyl (C=O) groups excluding carboxylic acids is 1. The van der Waals surface area contributed by atoms with Gasteiger partial charge in [0.2, 0.25) is 5.78 Å². The van der Waals surface area contributed by atoms with Gasteiger partial charge in [-0.2, -0.15) is 10.4 Å². The number of rotatable bonds is 4. The summed E-state index contributed by atoms with van der Waals surface area (Å²) in [5, 5.41) is 13.2. The first-order valence-corrected chi connectivity index (χ1v) is 6.58. The van der Waals surface area contributed by atoms with Gasteiger partial charge in [-0.25, -0.2) is 9.97 Å². The molecule has 1 aromatic carbocycles. The predicted molar refractivity (Wildman–Crippen MR) is 78.0 cm³/mol. The third-order valence-electron chi connectivity index (χ3n) is 3.10. The highest BCUT2D eigenvalue weighted by atomic mass is 16.1. The molecule has 0 amide bonds. The average molecular weight is 289 g/mol. The summed E-state index contributed by atoms with van der Waals surface area (Å²) in [6.45, 7) is 0.494. The Hall–Kier alpha value is -3.33. The quantitative estimate of drug-likeness (QED) is 0.684. The summed E-state index contributed by atoms with van der Waals surface area (Å²) in [4.78, 5) is 19.9. The summed E-state index contributed by atoms with van der Waals surface area (Å²) < 4.78 is 1.66. The summed E-state index contributed by atoms with van der Waals surface area (Å²) in [5.74, 6) is -0.217. The van der Waals surface area contributed by atoms with Crippen molar-refractivity contribution in [3.63, 3.8) is 0 Å². The van der Waals surface area contributed by atoms with E-state index in [1.807, 2.05) is 12.1 Å². The molecule has 0 radical (unpaired) electrons. The van der Waals surface area contributed by atoms with Crippen molar-refractivity contribution in [2.24, 2.45) is 0 Å². The minimum atomic E-state index is -0.217. The van der Waals surface area contributed by atoms with E-state index in [0.29, 0.717) is 23.4 Å². The molecule has 2 aromatic heterocycles. The summed E-state index contributed by atoms with van der Waals surface area (Å²) in [6.07, 6.45) is 6.03. The molecule has 106 valence electrons. The molecule has 6 heteroatoms. The van der Waals surface area contributed by atoms with E-state index in [0.717, 1.165) is 5.56 Å². The molecule has 2 heterocycles. The molecule has 0 fully saturated rings. The maximum Gasteiger partial charge on any atom is 0.216 e. The second-order valence-electron chi connectivity index (χ2n) is 4.67. The van der Waals surface area contributed by atoms with Crippen LogP contribution in [-0.2, 0) is 6.54 Å². The molecule has 0 saturated heterocycles. The molecule has 0 atom stereocenters. The van der Waals surface area contributed by atoms with Crippen LogP contribution in [0.5, 0.6) is 0 Å². The predicted octanol–water partition coefficient (Wildman–Crippen LogP) is 1.82. The highest BCUT2D eigenvalue weighted by molar-refractivity contribution is 6.07. The van der Waals surface area contributed by atoms with Crippen molar-refractivity contribution < 1.29 is 4.79 Å². The van der Waals surface area contributed by atoms with Crippen LogP contribution >= 0.6 is 0 Å². The first-order valence-electron chi connectivity index (χ1n) is 6.58. The van der Waals surface area contributed by atoms with Crippen LogP contribution in [0.4, 0.5) is 0 Å². The lowest BCUT2D eigenvalue weighted by molar-refractivity contribution is 0.103. The van der Waals surface area contributed by atoms with E-state index in [1.165, 1.54) is 18.7 Å². The highest BCUT2D eigenvalue weighted by Crippen LogP contribution is 2.09. The topological polar surface area (TPSA) is 84.5 Å². The molecule has 0 N–H and O–H groups in total. The number of aromatic nitrogens is 4. The lowest BCUT2D eigenvalue weighted by atomic mass is 10.1. The monoisotopic (exact) mass is 289 g/mol. The molecule has 0 bridgehead atoms. The second kappa shape index (κ2) is 5.97. The number of benzene rings is 1. The van der Waals surface area contributed by atoms with Gasteiger partial charge in [-0.05, 0) is 23.8 Å². The number of hydrogen-bond donors (Lipinski definition) is 0. The minimum Gasteiger partial charge on any atom is -0.287 e. The molecule has 22 heavy (non-hydrogen) atoms. The van der Waals surface area contributed by atoms with Crippen LogP contribution in [0.25, 0.3) is 0 Å². The molecular weight excluding hydrogens is 278 g/mol. The highest BCUT2D eigenvalue weighted by Gasteiger charge is 2.12. The van der Waals surface area contributed by atoms with Crippen molar-refractivity contribution in [1.29, 1.82) is 5.26 Å². The van der Waals surface area contributed by atoms with Crippen molar-refractivity contribution in [2.45, 2.75) is 6.54 Å². The van der Waals surface area contributed by atoms with Gasteiger partial charge in [-0.15, -0.1) is 0 Å². The smallest absolute Gasteiger partial charge is 0.216 e. The van der Waals surface area contributed by atoms with Crippen LogP contribution in [0.3, 0.4) is 0 Å². The SMILES string of the molecule is N#Cc1cccc(Cn2ccc(C(=O)c3cncnc3)n2)c1. The number of nitriles is 1. The Kier molecular flexibility index (Phi) is 3.70. The van der Waals surface area contributed by atoms with Gasteiger partial charge in [0.05, 0.1) is 23.7 Å². The molecule has 6 nitrogen and oxygen atoms in total. The third-order valence-corrected chi connectivity index (χ3v) is 3.10. The molecule has 0 saturated carbocycles. The van der Waals surface area contributed by atoms with Crippen LogP contribution in [-0.4, -0.2) is 25.5 Å². The summed E-state index contributed by atoms with van der Waals surface area (Å²) in [5.41, 5.74) is 2.29. The van der Waals surface area contributed by atoms with Crippen molar-refractivity contribution in [3.05, 3.63) is 77.6 Å². The summed E-state index contributed by atoms with van der Waals surface area (Å²) >= 11 is 0. The zero-order valence-electron chi connectivity index (χ0n) is 11.5. The Bertz CT molecular complexity index is 848. The molecular formula is C16H11N5O. The average Bonchev–Trinajstić information content (AvgIpc) is 3.03. The Morgan fingerprint density at radius 1 is 1.23 bits per heavy atom. The van der Waals surface area contributed by atoms with Gasteiger partial charge in [-0.3, -0.25) is 9.48 Å². The maximum atomic E-state index is 12.2. The molecule has 3 aromatic rings. The second-order valence-corrected chi connectivity index (χ2v) is 4.67. The summed E-state index contributed by atoms with van der Waals surface area (Å²) in [6, 6.07) is 11.0. The number of ketones is 1. The van der Waals surface area contributed by atoms with Crippen molar-refractivity contribution >= 4 is 5.78 Å². The van der Waals surface area contributed by atoms with E-state index >= 15 is 0 Å². The van der Waals surface area contributed by atoms with Crippen molar-refractivity contribution in [3.8, 4) is 6.07 Å². The minimum absolute atomic E-state index is 0.217. The van der Waals surface area contributed by atoms with Gasteiger partial charge in [0.15, 0.2) is 0 Å². The first kappa shape index (κ1) is 13.6. The zero-order valence-corrected chi connectivity index (χ0v) is 11.5. The Balaban J connectivity index is 1.79. The Morgan fingerprint density at radius 3 is 2.82 bits per heavy atom. The van der Waals surface area contributed by atoms with E-state index < -0.39 is 0 Å². The molecule has 0 aliphatic heterocycles. The number of hydrogen-bond acceptors (Lipinski definition) is 5. The van der Waals surface area contributed by atoms with E-state index in [9.17, 15) is 4.79 Å². The third kappa shape index (κ3) is 2.88. The van der Waals surface area contributed by atoms with Gasteiger partial charge in [0, 0.05) is 18.6 Å². The van der Waals surface area contributed by atoms with Crippen LogP contribution in [0, 0.1) is 11.3 Å². The molecule has 0 aliphatic rings. The number of nitrogens with zero attached hydrogens (tertiary/aromatic N) is 5. The lowest BCUT2D eigenvalue weighted by Gasteiger charge is -2.02. The maximum absolute atomic E-state index is 12.2. The van der Waals surface area contributed by atoms with E-state index in [1.54, 1.807) is 29.1 Å². The number of carbonyl (C=O) groups is 1. The summed E-state index contributed by atoms with van der Waals surface area (Å²) in [7, 11) is 0. The van der Waals surface area contributed by atoms with E-state index in [2.05, 4.69) is 21.1 Å².